The summed E-state index contributed by atoms with van der Waals surface area (Å²) in [5.41, 5.74) is 0.959. The summed E-state index contributed by atoms with van der Waals surface area (Å²) >= 11 is 0. The number of halogens is 2. The van der Waals surface area contributed by atoms with E-state index in [4.69, 9.17) is 0 Å². The summed E-state index contributed by atoms with van der Waals surface area (Å²) in [6, 6.07) is 3.59. The third-order valence-electron chi connectivity index (χ3n) is 3.07. The first-order chi connectivity index (χ1) is 9.16. The maximum Gasteiger partial charge on any atom is 0.224 e. The molecule has 0 saturated carbocycles. The summed E-state index contributed by atoms with van der Waals surface area (Å²) < 4.78 is 26.7. The first-order valence-electron chi connectivity index (χ1n) is 6.25. The summed E-state index contributed by atoms with van der Waals surface area (Å²) in [6.45, 7) is 2.13. The monoisotopic (exact) mass is 266 g/mol. The van der Waals surface area contributed by atoms with Gasteiger partial charge < -0.3 is 10.6 Å². The van der Waals surface area contributed by atoms with Crippen molar-refractivity contribution in [3.63, 3.8) is 0 Å². The van der Waals surface area contributed by atoms with E-state index in [0.29, 0.717) is 6.54 Å². The Labute approximate surface area is 110 Å². The van der Waals surface area contributed by atoms with Crippen LogP contribution in [-0.4, -0.2) is 25.5 Å². The van der Waals surface area contributed by atoms with Crippen LogP contribution in [0.3, 0.4) is 0 Å². The molecule has 1 aromatic rings. The highest BCUT2D eigenvalue weighted by Gasteiger charge is 2.13. The van der Waals surface area contributed by atoms with Crippen LogP contribution in [0.15, 0.2) is 29.8 Å². The van der Waals surface area contributed by atoms with Gasteiger partial charge in [-0.15, -0.1) is 0 Å². The number of nitrogens with one attached hydrogen (secondary N) is 2. The molecule has 0 saturated heterocycles. The molecule has 1 aliphatic rings. The smallest absolute Gasteiger partial charge is 0.224 e. The Balaban J connectivity index is 1.89. The lowest BCUT2D eigenvalue weighted by Gasteiger charge is -2.14. The molecule has 1 heterocycles. The van der Waals surface area contributed by atoms with Crippen molar-refractivity contribution in [1.82, 2.24) is 10.6 Å². The van der Waals surface area contributed by atoms with Crippen molar-refractivity contribution in [3.8, 4) is 0 Å². The fraction of sp³-hybridized carbons (Fsp3) is 0.357. The molecule has 1 aliphatic heterocycles. The first kappa shape index (κ1) is 13.7. The van der Waals surface area contributed by atoms with Gasteiger partial charge in [-0.1, -0.05) is 17.7 Å². The quantitative estimate of drug-likeness (QED) is 0.812. The Bertz CT molecular complexity index is 480. The van der Waals surface area contributed by atoms with E-state index < -0.39 is 11.6 Å². The number of carbonyl (C=O) groups excluding carboxylic acids is 1. The van der Waals surface area contributed by atoms with E-state index in [9.17, 15) is 13.6 Å². The lowest BCUT2D eigenvalue weighted by Crippen LogP contribution is -2.30. The Hall–Kier alpha value is -1.75. The molecule has 0 spiro atoms. The van der Waals surface area contributed by atoms with Gasteiger partial charge in [-0.25, -0.2) is 8.78 Å². The van der Waals surface area contributed by atoms with Crippen molar-refractivity contribution in [1.29, 1.82) is 0 Å². The lowest BCUT2D eigenvalue weighted by molar-refractivity contribution is -0.120. The number of benzene rings is 1. The number of rotatable bonds is 4. The zero-order valence-electron chi connectivity index (χ0n) is 10.5. The van der Waals surface area contributed by atoms with Gasteiger partial charge in [-0.05, 0) is 25.1 Å². The van der Waals surface area contributed by atoms with Gasteiger partial charge in [0, 0.05) is 18.7 Å². The van der Waals surface area contributed by atoms with Crippen LogP contribution in [0.1, 0.15) is 12.0 Å². The maximum atomic E-state index is 13.4. The van der Waals surface area contributed by atoms with E-state index in [1.807, 2.05) is 6.08 Å². The minimum absolute atomic E-state index is 0.181. The van der Waals surface area contributed by atoms with Crippen molar-refractivity contribution < 1.29 is 13.6 Å². The molecule has 0 fully saturated rings. The van der Waals surface area contributed by atoms with E-state index >= 15 is 0 Å². The van der Waals surface area contributed by atoms with Crippen LogP contribution in [-0.2, 0) is 11.2 Å². The van der Waals surface area contributed by atoms with E-state index in [2.05, 4.69) is 10.6 Å². The molecule has 102 valence electrons. The maximum absolute atomic E-state index is 13.4. The Morgan fingerprint density at radius 2 is 2.05 bits per heavy atom. The third kappa shape index (κ3) is 3.86. The minimum atomic E-state index is -0.684. The molecule has 0 atom stereocenters. The van der Waals surface area contributed by atoms with Gasteiger partial charge in [0.1, 0.15) is 11.6 Å². The number of amides is 1. The van der Waals surface area contributed by atoms with Gasteiger partial charge in [0.15, 0.2) is 0 Å². The molecule has 1 amide bonds. The Kier molecular flexibility index (Phi) is 4.63. The third-order valence-corrected chi connectivity index (χ3v) is 3.07. The van der Waals surface area contributed by atoms with Gasteiger partial charge in [0.05, 0.1) is 6.42 Å². The molecule has 2 N–H and O–H groups in total. The standard InChI is InChI=1S/C14H16F2N2O/c15-12-2-1-3-13(16)11(12)8-14(19)18-9-10-4-6-17-7-5-10/h1-4,17H,5-9H2,(H,18,19). The van der Waals surface area contributed by atoms with Crippen LogP contribution in [0.4, 0.5) is 8.78 Å². The van der Waals surface area contributed by atoms with Gasteiger partial charge in [-0.2, -0.15) is 0 Å². The van der Waals surface area contributed by atoms with Gasteiger partial charge in [0.25, 0.3) is 0 Å². The Morgan fingerprint density at radius 1 is 1.32 bits per heavy atom. The molecule has 0 unspecified atom stereocenters. The molecule has 19 heavy (non-hydrogen) atoms. The fourth-order valence-corrected chi connectivity index (χ4v) is 1.97. The highest BCUT2D eigenvalue weighted by Crippen LogP contribution is 2.12. The average molecular weight is 266 g/mol. The van der Waals surface area contributed by atoms with Crippen LogP contribution in [0.5, 0.6) is 0 Å². The second-order valence-electron chi connectivity index (χ2n) is 4.47. The van der Waals surface area contributed by atoms with E-state index in [1.165, 1.54) is 6.07 Å². The molecule has 1 aromatic carbocycles. The summed E-state index contributed by atoms with van der Waals surface area (Å²) in [6.07, 6.45) is 2.63. The lowest BCUT2D eigenvalue weighted by atomic mass is 10.1. The number of hydrogen-bond donors (Lipinski definition) is 2. The van der Waals surface area contributed by atoms with Crippen LogP contribution in [0.2, 0.25) is 0 Å². The molecular formula is C14H16F2N2O. The molecule has 0 bridgehead atoms. The normalized spacial score (nSPS) is 14.9. The van der Waals surface area contributed by atoms with Crippen molar-refractivity contribution in [3.05, 3.63) is 47.0 Å². The minimum Gasteiger partial charge on any atom is -0.352 e. The van der Waals surface area contributed by atoms with Crippen molar-refractivity contribution >= 4 is 5.91 Å². The van der Waals surface area contributed by atoms with E-state index in [1.54, 1.807) is 0 Å². The first-order valence-corrected chi connectivity index (χ1v) is 6.25. The Morgan fingerprint density at radius 3 is 2.68 bits per heavy atom. The van der Waals surface area contributed by atoms with Crippen molar-refractivity contribution in [2.45, 2.75) is 12.8 Å². The number of carbonyl (C=O) groups is 1. The zero-order chi connectivity index (χ0) is 13.7. The summed E-state index contributed by atoms with van der Waals surface area (Å²) in [5, 5.41) is 5.86. The molecular weight excluding hydrogens is 250 g/mol. The van der Waals surface area contributed by atoms with Crippen LogP contribution < -0.4 is 10.6 Å². The molecule has 3 nitrogen and oxygen atoms in total. The van der Waals surface area contributed by atoms with Crippen molar-refractivity contribution in [2.24, 2.45) is 0 Å². The second-order valence-corrected chi connectivity index (χ2v) is 4.47. The predicted molar refractivity (Wildman–Crippen MR) is 68.6 cm³/mol. The van der Waals surface area contributed by atoms with Gasteiger partial charge in [0.2, 0.25) is 5.91 Å². The SMILES string of the molecule is O=C(Cc1c(F)cccc1F)NCC1=CCNCC1. The topological polar surface area (TPSA) is 41.1 Å². The molecule has 0 aliphatic carbocycles. The average Bonchev–Trinajstić information content (AvgIpc) is 2.42. The molecule has 5 heteroatoms. The van der Waals surface area contributed by atoms with Crippen LogP contribution in [0.25, 0.3) is 0 Å². The highest BCUT2D eigenvalue weighted by atomic mass is 19.1. The van der Waals surface area contributed by atoms with E-state index in [-0.39, 0.29) is 17.9 Å². The van der Waals surface area contributed by atoms with Crippen molar-refractivity contribution in [2.75, 3.05) is 19.6 Å². The van der Waals surface area contributed by atoms with Crippen LogP contribution in [0, 0.1) is 11.6 Å². The van der Waals surface area contributed by atoms with Gasteiger partial charge in [-0.3, -0.25) is 4.79 Å². The second kappa shape index (κ2) is 6.43. The fourth-order valence-electron chi connectivity index (χ4n) is 1.97. The largest absolute Gasteiger partial charge is 0.352 e. The van der Waals surface area contributed by atoms with Crippen LogP contribution >= 0.6 is 0 Å². The number of hydrogen-bond acceptors (Lipinski definition) is 2. The van der Waals surface area contributed by atoms with Gasteiger partial charge >= 0.3 is 0 Å². The summed E-state index contributed by atoms with van der Waals surface area (Å²) in [7, 11) is 0. The zero-order valence-corrected chi connectivity index (χ0v) is 10.5. The molecule has 2 rings (SSSR count). The molecule has 0 aromatic heterocycles. The summed E-state index contributed by atoms with van der Waals surface area (Å²) in [4.78, 5) is 11.7. The highest BCUT2D eigenvalue weighted by molar-refractivity contribution is 5.78. The predicted octanol–water partition coefficient (Wildman–Crippen LogP) is 1.54. The molecule has 0 radical (unpaired) electrons. The van der Waals surface area contributed by atoms with E-state index in [0.717, 1.165) is 37.2 Å². The summed E-state index contributed by atoms with van der Waals surface area (Å²) in [5.74, 6) is -1.74.